The van der Waals surface area contributed by atoms with E-state index in [4.69, 9.17) is 0 Å². The number of fused-ring (bicyclic) bond motifs is 1. The minimum absolute atomic E-state index is 0.767. The minimum Gasteiger partial charge on any atom is -0.337 e. The minimum atomic E-state index is 0.767. The van der Waals surface area contributed by atoms with Crippen molar-refractivity contribution in [3.8, 4) is 0 Å². The molecule has 3 aromatic rings. The number of rotatable bonds is 7. The van der Waals surface area contributed by atoms with Crippen molar-refractivity contribution in [1.29, 1.82) is 0 Å². The second kappa shape index (κ2) is 6.95. The maximum Gasteiger partial charge on any atom is 0.0945 e. The molecule has 0 atom stereocenters. The summed E-state index contributed by atoms with van der Waals surface area (Å²) in [5.74, 6) is 0. The fraction of sp³-hybridized carbons (Fsp3) is 0.312. The number of benzene rings is 1. The molecule has 108 valence electrons. The molecule has 0 aliphatic rings. The molecule has 2 aromatic heterocycles. The van der Waals surface area contributed by atoms with E-state index < -0.39 is 0 Å². The van der Waals surface area contributed by atoms with Crippen LogP contribution in [0.3, 0.4) is 0 Å². The first-order valence-electron chi connectivity index (χ1n) is 7.29. The first-order valence-corrected chi connectivity index (χ1v) is 7.29. The first kappa shape index (κ1) is 13.7. The van der Waals surface area contributed by atoms with E-state index >= 15 is 0 Å². The quantitative estimate of drug-likeness (QED) is 0.676. The van der Waals surface area contributed by atoms with Crippen molar-refractivity contribution in [2.45, 2.75) is 25.9 Å². The van der Waals surface area contributed by atoms with Crippen LogP contribution in [0.5, 0.6) is 0 Å². The third-order valence-corrected chi connectivity index (χ3v) is 3.38. The zero-order chi connectivity index (χ0) is 14.3. The number of imidazole rings is 1. The molecule has 1 aromatic carbocycles. The average Bonchev–Trinajstić information content (AvgIpc) is 3.04. The molecule has 0 fully saturated rings. The van der Waals surface area contributed by atoms with E-state index in [0.29, 0.717) is 0 Å². The summed E-state index contributed by atoms with van der Waals surface area (Å²) in [5, 5.41) is 3.42. The highest BCUT2D eigenvalue weighted by atomic mass is 15.0. The van der Waals surface area contributed by atoms with Gasteiger partial charge in [0.1, 0.15) is 0 Å². The first-order chi connectivity index (χ1) is 10.4. The number of nitrogens with one attached hydrogen (secondary N) is 1. The van der Waals surface area contributed by atoms with Crippen molar-refractivity contribution in [2.75, 3.05) is 6.54 Å². The van der Waals surface area contributed by atoms with Crippen molar-refractivity contribution in [2.24, 2.45) is 0 Å². The van der Waals surface area contributed by atoms with Gasteiger partial charge in [-0.05, 0) is 31.5 Å². The average molecular weight is 281 g/mol. The molecular formula is C16H19N5. The van der Waals surface area contributed by atoms with Crippen LogP contribution in [-0.2, 0) is 13.1 Å². The Morgan fingerprint density at radius 1 is 1.10 bits per heavy atom. The molecule has 0 saturated heterocycles. The van der Waals surface area contributed by atoms with Crippen molar-refractivity contribution < 1.29 is 0 Å². The van der Waals surface area contributed by atoms with E-state index in [2.05, 4.69) is 24.8 Å². The number of unbranched alkanes of at least 4 members (excludes halogenated alkanes) is 1. The van der Waals surface area contributed by atoms with Gasteiger partial charge in [0.2, 0.25) is 0 Å². The molecule has 1 N–H and O–H groups in total. The molecule has 0 aliphatic heterocycles. The Balaban J connectivity index is 1.40. The zero-order valence-corrected chi connectivity index (χ0v) is 11.9. The molecule has 0 amide bonds. The van der Waals surface area contributed by atoms with E-state index in [1.165, 1.54) is 0 Å². The van der Waals surface area contributed by atoms with Gasteiger partial charge in [0.05, 0.1) is 29.3 Å². The van der Waals surface area contributed by atoms with Crippen LogP contribution in [0.1, 0.15) is 18.5 Å². The molecule has 3 rings (SSSR count). The molecule has 0 saturated carbocycles. The fourth-order valence-electron chi connectivity index (χ4n) is 2.26. The van der Waals surface area contributed by atoms with Gasteiger partial charge in [-0.3, -0.25) is 4.98 Å². The molecule has 0 unspecified atom stereocenters. The lowest BCUT2D eigenvalue weighted by atomic mass is 10.3. The Morgan fingerprint density at radius 3 is 2.86 bits per heavy atom. The number of aryl methyl sites for hydroxylation is 1. The third kappa shape index (κ3) is 3.86. The normalized spacial score (nSPS) is 11.0. The predicted molar refractivity (Wildman–Crippen MR) is 82.7 cm³/mol. The second-order valence-corrected chi connectivity index (χ2v) is 5.03. The summed E-state index contributed by atoms with van der Waals surface area (Å²) in [7, 11) is 0. The third-order valence-electron chi connectivity index (χ3n) is 3.38. The largest absolute Gasteiger partial charge is 0.337 e. The van der Waals surface area contributed by atoms with Gasteiger partial charge in [-0.25, -0.2) is 9.97 Å². The summed E-state index contributed by atoms with van der Waals surface area (Å²) in [6, 6.07) is 7.95. The predicted octanol–water partition coefficient (Wildman–Crippen LogP) is 2.40. The van der Waals surface area contributed by atoms with Crippen LogP contribution in [0.25, 0.3) is 11.0 Å². The molecule has 0 spiro atoms. The number of nitrogens with zero attached hydrogens (tertiary/aromatic N) is 4. The topological polar surface area (TPSA) is 55.6 Å². The van der Waals surface area contributed by atoms with Crippen LogP contribution >= 0.6 is 0 Å². The van der Waals surface area contributed by atoms with Crippen LogP contribution in [0.15, 0.2) is 49.2 Å². The molecule has 0 bridgehead atoms. The van der Waals surface area contributed by atoms with Crippen molar-refractivity contribution in [3.05, 3.63) is 54.9 Å². The number of para-hydroxylation sites is 2. The fourth-order valence-corrected chi connectivity index (χ4v) is 2.26. The summed E-state index contributed by atoms with van der Waals surface area (Å²) in [5.41, 5.74) is 2.89. The highest BCUT2D eigenvalue weighted by molar-refractivity contribution is 5.73. The second-order valence-electron chi connectivity index (χ2n) is 5.03. The summed E-state index contributed by atoms with van der Waals surface area (Å²) >= 11 is 0. The van der Waals surface area contributed by atoms with Gasteiger partial charge in [0.25, 0.3) is 0 Å². The molecule has 21 heavy (non-hydrogen) atoms. The van der Waals surface area contributed by atoms with Gasteiger partial charge in [-0.1, -0.05) is 12.1 Å². The van der Waals surface area contributed by atoms with Crippen molar-refractivity contribution in [3.63, 3.8) is 0 Å². The van der Waals surface area contributed by atoms with E-state index in [1.54, 1.807) is 0 Å². The van der Waals surface area contributed by atoms with Crippen LogP contribution in [0, 0.1) is 0 Å². The summed E-state index contributed by atoms with van der Waals surface area (Å²) < 4.78 is 2.11. The molecule has 0 aliphatic carbocycles. The van der Waals surface area contributed by atoms with Crippen LogP contribution in [0.4, 0.5) is 0 Å². The molecule has 2 heterocycles. The van der Waals surface area contributed by atoms with Gasteiger partial charge in [0, 0.05) is 25.5 Å². The Labute approximate surface area is 124 Å². The highest BCUT2D eigenvalue weighted by Gasteiger charge is 1.99. The van der Waals surface area contributed by atoms with Gasteiger partial charge >= 0.3 is 0 Å². The maximum atomic E-state index is 4.60. The zero-order valence-electron chi connectivity index (χ0n) is 11.9. The lowest BCUT2D eigenvalue weighted by Gasteiger charge is -2.05. The Bertz CT molecular complexity index is 678. The van der Waals surface area contributed by atoms with Crippen LogP contribution in [0.2, 0.25) is 0 Å². The lowest BCUT2D eigenvalue weighted by Crippen LogP contribution is -2.16. The van der Waals surface area contributed by atoms with E-state index in [-0.39, 0.29) is 0 Å². The SMILES string of the molecule is c1ccc2nc(CNCCCCn3ccnc3)cnc2c1. The summed E-state index contributed by atoms with van der Waals surface area (Å²) in [6.45, 7) is 2.78. The Hall–Kier alpha value is -2.27. The molecule has 5 nitrogen and oxygen atoms in total. The number of hydrogen-bond donors (Lipinski definition) is 1. The monoisotopic (exact) mass is 281 g/mol. The van der Waals surface area contributed by atoms with E-state index in [9.17, 15) is 0 Å². The number of aromatic nitrogens is 4. The molecular weight excluding hydrogens is 262 g/mol. The van der Waals surface area contributed by atoms with Gasteiger partial charge in [0.15, 0.2) is 0 Å². The molecule has 0 radical (unpaired) electrons. The summed E-state index contributed by atoms with van der Waals surface area (Å²) in [6.07, 6.45) is 9.81. The lowest BCUT2D eigenvalue weighted by molar-refractivity contribution is 0.565. The standard InChI is InChI=1S/C16H19N5/c1-2-6-16-15(5-1)19-12-14(20-16)11-17-7-3-4-9-21-10-8-18-13-21/h1-2,5-6,8,10,12-13,17H,3-4,7,9,11H2. The van der Waals surface area contributed by atoms with Gasteiger partial charge in [-0.15, -0.1) is 0 Å². The Morgan fingerprint density at radius 2 is 2.00 bits per heavy atom. The van der Waals surface area contributed by atoms with E-state index in [0.717, 1.165) is 49.2 Å². The summed E-state index contributed by atoms with van der Waals surface area (Å²) in [4.78, 5) is 13.0. The van der Waals surface area contributed by atoms with Crippen molar-refractivity contribution in [1.82, 2.24) is 24.8 Å². The van der Waals surface area contributed by atoms with Crippen LogP contribution < -0.4 is 5.32 Å². The van der Waals surface area contributed by atoms with Gasteiger partial charge < -0.3 is 9.88 Å². The van der Waals surface area contributed by atoms with Crippen LogP contribution in [-0.4, -0.2) is 26.1 Å². The van der Waals surface area contributed by atoms with Crippen molar-refractivity contribution >= 4 is 11.0 Å². The maximum absolute atomic E-state index is 4.60. The van der Waals surface area contributed by atoms with Gasteiger partial charge in [-0.2, -0.15) is 0 Å². The van der Waals surface area contributed by atoms with E-state index in [1.807, 2.05) is 49.2 Å². The Kier molecular flexibility index (Phi) is 4.53. The highest BCUT2D eigenvalue weighted by Crippen LogP contribution is 2.08. The smallest absolute Gasteiger partial charge is 0.0945 e. The number of hydrogen-bond acceptors (Lipinski definition) is 4. The molecule has 5 heteroatoms.